The zero-order chi connectivity index (χ0) is 24.8. The third kappa shape index (κ3) is 5.86. The van der Waals surface area contributed by atoms with Crippen LogP contribution < -0.4 is 4.74 Å². The summed E-state index contributed by atoms with van der Waals surface area (Å²) in [6.45, 7) is 1.89. The summed E-state index contributed by atoms with van der Waals surface area (Å²) in [5.41, 5.74) is 1.64. The Morgan fingerprint density at radius 3 is 2.40 bits per heavy atom. The number of nitrogens with zero attached hydrogens (tertiary/aromatic N) is 4. The normalized spacial score (nSPS) is 11.8. The quantitative estimate of drug-likeness (QED) is 0.290. The summed E-state index contributed by atoms with van der Waals surface area (Å²) in [5.74, 6) is -0.171. The Morgan fingerprint density at radius 2 is 1.69 bits per heavy atom. The molecule has 1 heterocycles. The molecule has 0 radical (unpaired) electrons. The van der Waals surface area contributed by atoms with Crippen molar-refractivity contribution in [3.8, 4) is 11.4 Å². The van der Waals surface area contributed by atoms with Gasteiger partial charge in [-0.25, -0.2) is 8.78 Å². The van der Waals surface area contributed by atoms with Gasteiger partial charge in [-0.2, -0.15) is 0 Å². The van der Waals surface area contributed by atoms with Crippen LogP contribution in [0.3, 0.4) is 0 Å². The molecule has 0 aliphatic heterocycles. The van der Waals surface area contributed by atoms with Crippen LogP contribution in [0.2, 0.25) is 0 Å². The number of rotatable bonds is 9. The van der Waals surface area contributed by atoms with Crippen molar-refractivity contribution in [3.05, 3.63) is 102 Å². The second-order valence-corrected chi connectivity index (χ2v) is 8.75. The smallest absolute Gasteiger partial charge is 0.233 e. The number of thioether (sulfide) groups is 1. The Morgan fingerprint density at radius 1 is 1.00 bits per heavy atom. The minimum Gasteiger partial charge on any atom is -0.483 e. The molecule has 0 spiro atoms. The molecule has 0 N–H and O–H groups in total. The van der Waals surface area contributed by atoms with Crippen molar-refractivity contribution in [2.75, 3.05) is 12.8 Å². The number of carbonyl (C=O) groups is 1. The first kappa shape index (κ1) is 24.4. The first-order chi connectivity index (χ1) is 16.9. The Kier molecular flexibility index (Phi) is 7.77. The maximum Gasteiger partial charge on any atom is 0.233 e. The maximum atomic E-state index is 14.0. The van der Waals surface area contributed by atoms with Gasteiger partial charge in [-0.1, -0.05) is 54.2 Å². The first-order valence-electron chi connectivity index (χ1n) is 10.9. The van der Waals surface area contributed by atoms with E-state index in [1.54, 1.807) is 46.8 Å². The van der Waals surface area contributed by atoms with Crippen LogP contribution in [0.1, 0.15) is 24.4 Å². The monoisotopic (exact) mass is 494 g/mol. The van der Waals surface area contributed by atoms with Crippen LogP contribution in [-0.2, 0) is 11.4 Å². The molecular weight excluding hydrogens is 470 g/mol. The predicted octanol–water partition coefficient (Wildman–Crippen LogP) is 5.44. The standard InChI is InChI=1S/C26H24F2N4O2S/c1-18(19-12-14-20(27)15-13-19)31(2)25(33)17-35-26-30-29-24(32(26)21-8-4-3-5-9-21)16-34-23-11-7-6-10-22(23)28/h3-15,18H,16-17H2,1-2H3. The van der Waals surface area contributed by atoms with Crippen LogP contribution in [0.15, 0.2) is 84.0 Å². The number of para-hydroxylation sites is 2. The van der Waals surface area contributed by atoms with Crippen LogP contribution in [-0.4, -0.2) is 38.4 Å². The zero-order valence-electron chi connectivity index (χ0n) is 19.3. The van der Waals surface area contributed by atoms with Gasteiger partial charge in [0.2, 0.25) is 5.91 Å². The maximum absolute atomic E-state index is 14.0. The van der Waals surface area contributed by atoms with Gasteiger partial charge >= 0.3 is 0 Å². The van der Waals surface area contributed by atoms with Crippen LogP contribution in [0, 0.1) is 11.6 Å². The van der Waals surface area contributed by atoms with E-state index in [0.717, 1.165) is 11.3 Å². The van der Waals surface area contributed by atoms with E-state index in [4.69, 9.17) is 4.74 Å². The van der Waals surface area contributed by atoms with Crippen molar-refractivity contribution in [2.24, 2.45) is 0 Å². The van der Waals surface area contributed by atoms with Crippen LogP contribution in [0.25, 0.3) is 5.69 Å². The molecule has 1 amide bonds. The predicted molar refractivity (Wildman–Crippen MR) is 130 cm³/mol. The third-order valence-corrected chi connectivity index (χ3v) is 6.47. The van der Waals surface area contributed by atoms with E-state index < -0.39 is 5.82 Å². The Hall–Kier alpha value is -3.72. The average molecular weight is 495 g/mol. The molecule has 0 bridgehead atoms. The molecule has 9 heteroatoms. The Balaban J connectivity index is 1.49. The van der Waals surface area contributed by atoms with Gasteiger partial charge in [-0.15, -0.1) is 10.2 Å². The fourth-order valence-corrected chi connectivity index (χ4v) is 4.33. The number of ether oxygens (including phenoxy) is 1. The van der Waals surface area contributed by atoms with E-state index >= 15 is 0 Å². The van der Waals surface area contributed by atoms with E-state index in [1.165, 1.54) is 30.0 Å². The lowest BCUT2D eigenvalue weighted by molar-refractivity contribution is -0.128. The molecule has 0 saturated carbocycles. The van der Waals surface area contributed by atoms with Gasteiger partial charge in [0.05, 0.1) is 11.8 Å². The molecule has 0 aliphatic rings. The van der Waals surface area contributed by atoms with Gasteiger partial charge < -0.3 is 9.64 Å². The molecule has 1 aromatic heterocycles. The summed E-state index contributed by atoms with van der Waals surface area (Å²) in [6.07, 6.45) is 0. The van der Waals surface area contributed by atoms with Gasteiger partial charge in [-0.3, -0.25) is 9.36 Å². The summed E-state index contributed by atoms with van der Waals surface area (Å²) in [4.78, 5) is 14.5. The lowest BCUT2D eigenvalue weighted by Gasteiger charge is -2.25. The van der Waals surface area contributed by atoms with Crippen molar-refractivity contribution >= 4 is 17.7 Å². The molecule has 4 aromatic rings. The highest BCUT2D eigenvalue weighted by atomic mass is 32.2. The molecule has 1 unspecified atom stereocenters. The van der Waals surface area contributed by atoms with E-state index in [-0.39, 0.29) is 35.9 Å². The van der Waals surface area contributed by atoms with Crippen LogP contribution in [0.4, 0.5) is 8.78 Å². The van der Waals surface area contributed by atoms with Gasteiger partial charge in [0.1, 0.15) is 12.4 Å². The number of halogens is 2. The largest absolute Gasteiger partial charge is 0.483 e. The lowest BCUT2D eigenvalue weighted by atomic mass is 10.1. The number of hydrogen-bond acceptors (Lipinski definition) is 5. The molecule has 180 valence electrons. The van der Waals surface area contributed by atoms with Crippen LogP contribution in [0.5, 0.6) is 5.75 Å². The SMILES string of the molecule is CC(c1ccc(F)cc1)N(C)C(=O)CSc1nnc(COc2ccccc2F)n1-c1ccccc1. The van der Waals surface area contributed by atoms with Gasteiger partial charge in [0.15, 0.2) is 22.5 Å². The average Bonchev–Trinajstić information content (AvgIpc) is 3.29. The number of hydrogen-bond donors (Lipinski definition) is 0. The van der Waals surface area contributed by atoms with E-state index in [9.17, 15) is 13.6 Å². The molecular formula is C26H24F2N4O2S. The molecule has 3 aromatic carbocycles. The molecule has 6 nitrogen and oxygen atoms in total. The Labute approximate surface area is 206 Å². The van der Waals surface area contributed by atoms with Crippen molar-refractivity contribution in [1.29, 1.82) is 0 Å². The Bertz CT molecular complexity index is 1280. The molecule has 0 fully saturated rings. The molecule has 0 saturated heterocycles. The highest BCUT2D eigenvalue weighted by Crippen LogP contribution is 2.26. The summed E-state index contributed by atoms with van der Waals surface area (Å²) >= 11 is 1.25. The first-order valence-corrected chi connectivity index (χ1v) is 11.9. The topological polar surface area (TPSA) is 60.3 Å². The van der Waals surface area contributed by atoms with Crippen molar-refractivity contribution in [2.45, 2.75) is 24.7 Å². The molecule has 4 rings (SSSR count). The zero-order valence-corrected chi connectivity index (χ0v) is 20.1. The number of aromatic nitrogens is 3. The second kappa shape index (κ2) is 11.1. The number of amides is 1. The van der Waals surface area contributed by atoms with Crippen molar-refractivity contribution in [3.63, 3.8) is 0 Å². The van der Waals surface area contributed by atoms with Crippen molar-refractivity contribution in [1.82, 2.24) is 19.7 Å². The minimum absolute atomic E-state index is 0.00115. The highest BCUT2D eigenvalue weighted by Gasteiger charge is 2.21. The van der Waals surface area contributed by atoms with Crippen LogP contribution >= 0.6 is 11.8 Å². The second-order valence-electron chi connectivity index (χ2n) is 7.81. The van der Waals surface area contributed by atoms with E-state index in [1.807, 2.05) is 37.3 Å². The fourth-order valence-electron chi connectivity index (χ4n) is 3.44. The third-order valence-electron chi connectivity index (χ3n) is 5.56. The highest BCUT2D eigenvalue weighted by molar-refractivity contribution is 7.99. The fraction of sp³-hybridized carbons (Fsp3) is 0.192. The summed E-state index contributed by atoms with van der Waals surface area (Å²) < 4.78 is 34.7. The molecule has 35 heavy (non-hydrogen) atoms. The van der Waals surface area contributed by atoms with E-state index in [2.05, 4.69) is 10.2 Å². The number of benzene rings is 3. The summed E-state index contributed by atoms with van der Waals surface area (Å²) in [7, 11) is 1.71. The molecule has 0 aliphatic carbocycles. The van der Waals surface area contributed by atoms with Gasteiger partial charge in [-0.05, 0) is 48.9 Å². The summed E-state index contributed by atoms with van der Waals surface area (Å²) in [6, 6.07) is 21.5. The van der Waals surface area contributed by atoms with Crippen molar-refractivity contribution < 1.29 is 18.3 Å². The molecule has 1 atom stereocenters. The summed E-state index contributed by atoms with van der Waals surface area (Å²) in [5, 5.41) is 9.01. The lowest BCUT2D eigenvalue weighted by Crippen LogP contribution is -2.31. The number of carbonyl (C=O) groups excluding carboxylic acids is 1. The minimum atomic E-state index is -0.461. The van der Waals surface area contributed by atoms with E-state index in [0.29, 0.717) is 11.0 Å². The van der Waals surface area contributed by atoms with Gasteiger partial charge in [0.25, 0.3) is 0 Å². The van der Waals surface area contributed by atoms with Gasteiger partial charge in [0, 0.05) is 12.7 Å².